The number of imide groups is 1. The summed E-state index contributed by atoms with van der Waals surface area (Å²) in [4.78, 5) is 22.2. The van der Waals surface area contributed by atoms with Gasteiger partial charge >= 0.3 is 6.09 Å². The quantitative estimate of drug-likeness (QED) is 0.676. The standard InChI is InChI=1S/C11H19NO4/c1-4-6-10(14)12-11(15)16-8(3)7-9(13)5-2/h8-9,13H,1,4-7H2,2-3H3/p+1. The summed E-state index contributed by atoms with van der Waals surface area (Å²) in [6.07, 6.45) is -0.0666. The van der Waals surface area contributed by atoms with Gasteiger partial charge in [0.1, 0.15) is 6.10 Å². The molecule has 0 rings (SSSR count). The highest BCUT2D eigenvalue weighted by atomic mass is 16.6. The van der Waals surface area contributed by atoms with Crippen molar-refractivity contribution in [2.24, 2.45) is 0 Å². The number of nitrogens with one attached hydrogen (secondary N) is 1. The fourth-order valence-electron chi connectivity index (χ4n) is 1.15. The van der Waals surface area contributed by atoms with Crippen molar-refractivity contribution in [2.45, 2.75) is 51.7 Å². The van der Waals surface area contributed by atoms with Crippen LogP contribution in [0.5, 0.6) is 0 Å². The van der Waals surface area contributed by atoms with Crippen molar-refractivity contribution in [2.75, 3.05) is 0 Å². The number of hydrogen-bond acceptors (Lipinski definition) is 4. The van der Waals surface area contributed by atoms with Crippen LogP contribution in [0.25, 0.3) is 0 Å². The number of carbonyl (C=O) groups is 2. The van der Waals surface area contributed by atoms with Gasteiger partial charge in [-0.25, -0.2) is 4.79 Å². The van der Waals surface area contributed by atoms with Crippen LogP contribution in [0.15, 0.2) is 0 Å². The van der Waals surface area contributed by atoms with Crippen molar-refractivity contribution >= 4 is 12.0 Å². The second-order valence-corrected chi connectivity index (χ2v) is 3.67. The van der Waals surface area contributed by atoms with E-state index in [4.69, 9.17) is 4.74 Å². The van der Waals surface area contributed by atoms with Gasteiger partial charge in [0, 0.05) is 6.42 Å². The Kier molecular flexibility index (Phi) is 7.37. The van der Waals surface area contributed by atoms with Crippen LogP contribution in [-0.2, 0) is 9.53 Å². The van der Waals surface area contributed by atoms with E-state index >= 15 is 0 Å². The predicted octanol–water partition coefficient (Wildman–Crippen LogP) is 1.40. The highest BCUT2D eigenvalue weighted by Gasteiger charge is 2.15. The van der Waals surface area contributed by atoms with Gasteiger partial charge in [0.25, 0.3) is 0 Å². The Morgan fingerprint density at radius 2 is 2.12 bits per heavy atom. The zero-order valence-electron chi connectivity index (χ0n) is 9.86. The van der Waals surface area contributed by atoms with E-state index in [0.717, 1.165) is 0 Å². The molecule has 0 aliphatic rings. The number of ether oxygens (including phenoxy) is 1. The highest BCUT2D eigenvalue weighted by molar-refractivity contribution is 5.91. The number of rotatable bonds is 6. The van der Waals surface area contributed by atoms with E-state index in [1.54, 1.807) is 6.92 Å². The minimum Gasteiger partial charge on any atom is -0.446 e. The number of alkyl carbamates (subject to hydrolysis) is 1. The molecule has 5 heteroatoms. The van der Waals surface area contributed by atoms with Gasteiger partial charge in [-0.15, -0.1) is 0 Å². The topological polar surface area (TPSA) is 75.6 Å². The number of carbonyl (C=O) groups excluding carboxylic acids is 2. The van der Waals surface area contributed by atoms with Crippen molar-refractivity contribution in [3.63, 3.8) is 0 Å². The summed E-state index contributed by atoms with van der Waals surface area (Å²) in [5, 5.41) is 11.4. The lowest BCUT2D eigenvalue weighted by molar-refractivity contribution is -0.120. The third-order valence-corrected chi connectivity index (χ3v) is 2.03. The third kappa shape index (κ3) is 7.11. The summed E-state index contributed by atoms with van der Waals surface area (Å²) in [5.74, 6) is -0.400. The maximum Gasteiger partial charge on any atom is 0.414 e. The molecule has 2 unspecified atom stereocenters. The van der Waals surface area contributed by atoms with Gasteiger partial charge in [-0.3, -0.25) is 10.1 Å². The second kappa shape index (κ2) is 7.98. The fourth-order valence-corrected chi connectivity index (χ4v) is 1.15. The van der Waals surface area contributed by atoms with Crippen molar-refractivity contribution < 1.29 is 19.4 Å². The number of aliphatic hydroxyl groups is 1. The molecule has 2 amide bonds. The third-order valence-electron chi connectivity index (χ3n) is 2.03. The summed E-state index contributed by atoms with van der Waals surface area (Å²) in [6.45, 7) is 7.01. The molecule has 0 bridgehead atoms. The molecule has 92 valence electrons. The van der Waals surface area contributed by atoms with Crippen molar-refractivity contribution in [3.05, 3.63) is 6.92 Å². The van der Waals surface area contributed by atoms with Crippen LogP contribution in [-0.4, -0.2) is 29.3 Å². The van der Waals surface area contributed by atoms with Crippen LogP contribution in [0.4, 0.5) is 4.79 Å². The zero-order valence-corrected chi connectivity index (χ0v) is 9.86. The minimum absolute atomic E-state index is 0.196. The molecular formula is C11H20NO4+. The van der Waals surface area contributed by atoms with Crippen LogP contribution < -0.4 is 5.32 Å². The molecule has 0 aliphatic carbocycles. The number of amides is 2. The van der Waals surface area contributed by atoms with Crippen molar-refractivity contribution in [3.8, 4) is 0 Å². The lowest BCUT2D eigenvalue weighted by Gasteiger charge is -2.15. The average Bonchev–Trinajstić information content (AvgIpc) is 2.16. The first kappa shape index (κ1) is 14.8. The Bertz CT molecular complexity index is 230. The van der Waals surface area contributed by atoms with Gasteiger partial charge in [0.05, 0.1) is 25.9 Å². The molecule has 16 heavy (non-hydrogen) atoms. The number of hydrogen-bond donors (Lipinski definition) is 2. The Hall–Kier alpha value is -1.23. The molecule has 0 saturated heterocycles. The van der Waals surface area contributed by atoms with Gasteiger partial charge in [0.15, 0.2) is 0 Å². The summed E-state index contributed by atoms with van der Waals surface area (Å²) in [5.41, 5.74) is 0. The smallest absolute Gasteiger partial charge is 0.414 e. The summed E-state index contributed by atoms with van der Waals surface area (Å²) < 4.78 is 4.89. The second-order valence-electron chi connectivity index (χ2n) is 3.67. The molecule has 0 radical (unpaired) electrons. The van der Waals surface area contributed by atoms with Crippen LogP contribution >= 0.6 is 0 Å². The van der Waals surface area contributed by atoms with Crippen molar-refractivity contribution in [1.82, 2.24) is 5.32 Å². The van der Waals surface area contributed by atoms with E-state index in [9.17, 15) is 14.7 Å². The minimum atomic E-state index is -0.769. The molecule has 2 atom stereocenters. The molecule has 0 spiro atoms. The molecule has 0 saturated carbocycles. The Labute approximate surface area is 96.2 Å². The molecule has 0 aliphatic heterocycles. The van der Waals surface area contributed by atoms with Gasteiger partial charge in [-0.1, -0.05) is 6.92 Å². The average molecular weight is 230 g/mol. The SMILES string of the molecule is [CH2+]CCC(=O)NC(=O)OC(C)CC(O)CC. The monoisotopic (exact) mass is 230 g/mol. The Morgan fingerprint density at radius 1 is 1.50 bits per heavy atom. The van der Waals surface area contributed by atoms with E-state index in [2.05, 4.69) is 12.2 Å². The fraction of sp³-hybridized carbons (Fsp3) is 0.727. The first-order chi connectivity index (χ1) is 7.49. The highest BCUT2D eigenvalue weighted by Crippen LogP contribution is 2.05. The lowest BCUT2D eigenvalue weighted by atomic mass is 10.1. The van der Waals surface area contributed by atoms with Crippen LogP contribution in [0.1, 0.15) is 39.5 Å². The Morgan fingerprint density at radius 3 is 2.62 bits per heavy atom. The molecule has 0 heterocycles. The lowest BCUT2D eigenvalue weighted by Crippen LogP contribution is -2.33. The van der Waals surface area contributed by atoms with E-state index < -0.39 is 24.2 Å². The van der Waals surface area contributed by atoms with Crippen LogP contribution in [0.2, 0.25) is 0 Å². The van der Waals surface area contributed by atoms with Gasteiger partial charge < -0.3 is 9.84 Å². The van der Waals surface area contributed by atoms with Crippen LogP contribution in [0.3, 0.4) is 0 Å². The summed E-state index contributed by atoms with van der Waals surface area (Å²) in [6, 6.07) is 0. The van der Waals surface area contributed by atoms with E-state index in [1.165, 1.54) is 0 Å². The Balaban J connectivity index is 3.82. The summed E-state index contributed by atoms with van der Waals surface area (Å²) in [7, 11) is 0. The van der Waals surface area contributed by atoms with Gasteiger partial charge in [-0.05, 0) is 13.3 Å². The van der Waals surface area contributed by atoms with E-state index in [0.29, 0.717) is 19.3 Å². The van der Waals surface area contributed by atoms with Crippen molar-refractivity contribution in [1.29, 1.82) is 0 Å². The van der Waals surface area contributed by atoms with Gasteiger partial charge in [0.2, 0.25) is 5.91 Å². The van der Waals surface area contributed by atoms with E-state index in [1.807, 2.05) is 6.92 Å². The first-order valence-corrected chi connectivity index (χ1v) is 5.47. The molecule has 0 fully saturated rings. The maximum atomic E-state index is 11.2. The maximum absolute atomic E-state index is 11.2. The number of aliphatic hydroxyl groups excluding tert-OH is 1. The molecular weight excluding hydrogens is 210 g/mol. The molecule has 0 aromatic rings. The molecule has 0 aromatic carbocycles. The predicted molar refractivity (Wildman–Crippen MR) is 59.6 cm³/mol. The molecule has 5 nitrogen and oxygen atoms in total. The summed E-state index contributed by atoms with van der Waals surface area (Å²) >= 11 is 0. The van der Waals surface area contributed by atoms with E-state index in [-0.39, 0.29) is 6.42 Å². The zero-order chi connectivity index (χ0) is 12.6. The first-order valence-electron chi connectivity index (χ1n) is 5.47. The molecule has 0 aromatic heterocycles. The molecule has 2 N–H and O–H groups in total. The largest absolute Gasteiger partial charge is 0.446 e. The van der Waals surface area contributed by atoms with Gasteiger partial charge in [-0.2, -0.15) is 0 Å². The van der Waals surface area contributed by atoms with Crippen LogP contribution in [0, 0.1) is 6.92 Å². The normalized spacial score (nSPS) is 13.9.